The Bertz CT molecular complexity index is 613. The molecule has 0 atom stereocenters. The van der Waals surface area contributed by atoms with Crippen LogP contribution in [0.3, 0.4) is 0 Å². The molecule has 104 valence electrons. The topological polar surface area (TPSA) is 57.5 Å². The average Bonchev–Trinajstić information content (AvgIpc) is 2.39. The van der Waals surface area contributed by atoms with Crippen molar-refractivity contribution in [3.63, 3.8) is 0 Å². The molecule has 0 aliphatic carbocycles. The molecule has 0 heterocycles. The molecule has 0 amide bonds. The summed E-state index contributed by atoms with van der Waals surface area (Å²) in [4.78, 5) is 10.8. The molecule has 2 rings (SSSR count). The van der Waals surface area contributed by atoms with Crippen LogP contribution in [0.15, 0.2) is 42.5 Å². The van der Waals surface area contributed by atoms with Crippen molar-refractivity contribution >= 4 is 5.97 Å². The summed E-state index contributed by atoms with van der Waals surface area (Å²) in [5.41, 5.74) is 4.03. The number of carbonyl (C=O) groups is 1. The summed E-state index contributed by atoms with van der Waals surface area (Å²) >= 11 is 0. The molecule has 3 nitrogen and oxygen atoms in total. The lowest BCUT2D eigenvalue weighted by Gasteiger charge is -2.15. The number of hydrogen-bond acceptors (Lipinski definition) is 2. The quantitative estimate of drug-likeness (QED) is 0.888. The van der Waals surface area contributed by atoms with Crippen molar-refractivity contribution in [3.05, 3.63) is 53.6 Å². The highest BCUT2D eigenvalue weighted by atomic mass is 16.4. The average molecular weight is 270 g/mol. The lowest BCUT2D eigenvalue weighted by Crippen LogP contribution is -2.02. The minimum atomic E-state index is -0.822. The number of aromatic hydroxyl groups is 1. The van der Waals surface area contributed by atoms with Gasteiger partial charge in [-0.3, -0.25) is 4.79 Å². The van der Waals surface area contributed by atoms with Crippen LogP contribution in [-0.2, 0) is 11.2 Å². The summed E-state index contributed by atoms with van der Waals surface area (Å²) in [6.07, 6.45) is 0.0373. The van der Waals surface area contributed by atoms with E-state index in [1.165, 1.54) is 0 Å². The van der Waals surface area contributed by atoms with Gasteiger partial charge in [-0.25, -0.2) is 0 Å². The third-order valence-electron chi connectivity index (χ3n) is 3.27. The number of phenols is 1. The molecular formula is C17H18O3. The van der Waals surface area contributed by atoms with Gasteiger partial charge in [-0.05, 0) is 40.3 Å². The Balaban J connectivity index is 2.47. The molecule has 0 unspecified atom stereocenters. The minimum Gasteiger partial charge on any atom is -0.508 e. The van der Waals surface area contributed by atoms with E-state index in [1.807, 2.05) is 30.3 Å². The number of benzene rings is 2. The number of hydrogen-bond donors (Lipinski definition) is 2. The van der Waals surface area contributed by atoms with Crippen LogP contribution in [0.25, 0.3) is 11.1 Å². The molecule has 2 aromatic rings. The second-order valence-electron chi connectivity index (χ2n) is 5.19. The molecule has 2 aromatic carbocycles. The highest BCUT2D eigenvalue weighted by Crippen LogP contribution is 2.31. The maximum Gasteiger partial charge on any atom is 0.307 e. The van der Waals surface area contributed by atoms with Gasteiger partial charge in [0.1, 0.15) is 5.75 Å². The predicted molar refractivity (Wildman–Crippen MR) is 79.0 cm³/mol. The lowest BCUT2D eigenvalue weighted by atomic mass is 9.90. The molecule has 0 radical (unpaired) electrons. The molecule has 2 N–H and O–H groups in total. The standard InChI is InChI=1S/C17H18O3/c1-11(2)16-9-12(10-17(19)20)3-8-15(16)13-4-6-14(18)7-5-13/h3-9,11,18H,10H2,1-2H3,(H,19,20). The number of carboxylic acids is 1. The van der Waals surface area contributed by atoms with Crippen LogP contribution >= 0.6 is 0 Å². The third-order valence-corrected chi connectivity index (χ3v) is 3.27. The maximum atomic E-state index is 10.8. The van der Waals surface area contributed by atoms with E-state index in [1.54, 1.807) is 12.1 Å². The van der Waals surface area contributed by atoms with Crippen LogP contribution in [0.2, 0.25) is 0 Å². The summed E-state index contributed by atoms with van der Waals surface area (Å²) in [5.74, 6) is -0.285. The molecule has 0 saturated carbocycles. The number of rotatable bonds is 4. The Hall–Kier alpha value is -2.29. The lowest BCUT2D eigenvalue weighted by molar-refractivity contribution is -0.136. The third kappa shape index (κ3) is 3.18. The first-order valence-electron chi connectivity index (χ1n) is 6.61. The molecule has 0 aromatic heterocycles. The van der Waals surface area contributed by atoms with Crippen molar-refractivity contribution in [2.75, 3.05) is 0 Å². The Morgan fingerprint density at radius 3 is 2.30 bits per heavy atom. The highest BCUT2D eigenvalue weighted by Gasteiger charge is 2.11. The Labute approximate surface area is 118 Å². The van der Waals surface area contributed by atoms with Crippen LogP contribution < -0.4 is 0 Å². The molecule has 0 saturated heterocycles. The number of aliphatic carboxylic acids is 1. The van der Waals surface area contributed by atoms with Crippen molar-refractivity contribution in [2.24, 2.45) is 0 Å². The van der Waals surface area contributed by atoms with E-state index < -0.39 is 5.97 Å². The highest BCUT2D eigenvalue weighted by molar-refractivity contribution is 5.73. The molecule has 0 aliphatic heterocycles. The van der Waals surface area contributed by atoms with E-state index >= 15 is 0 Å². The molecule has 20 heavy (non-hydrogen) atoms. The number of carboxylic acid groups (broad SMARTS) is 1. The summed E-state index contributed by atoms with van der Waals surface area (Å²) in [7, 11) is 0. The van der Waals surface area contributed by atoms with Crippen LogP contribution in [0.4, 0.5) is 0 Å². The smallest absolute Gasteiger partial charge is 0.307 e. The van der Waals surface area contributed by atoms with Crippen LogP contribution in [0.5, 0.6) is 5.75 Å². The normalized spacial score (nSPS) is 10.8. The predicted octanol–water partition coefficient (Wildman–Crippen LogP) is 3.81. The zero-order valence-corrected chi connectivity index (χ0v) is 11.6. The SMILES string of the molecule is CC(C)c1cc(CC(=O)O)ccc1-c1ccc(O)cc1. The monoisotopic (exact) mass is 270 g/mol. The van der Waals surface area contributed by atoms with Crippen LogP contribution in [0.1, 0.15) is 30.9 Å². The summed E-state index contributed by atoms with van der Waals surface area (Å²) in [6.45, 7) is 4.17. The molecule has 3 heteroatoms. The first kappa shape index (κ1) is 14.1. The minimum absolute atomic E-state index is 0.0373. The van der Waals surface area contributed by atoms with Gasteiger partial charge in [0.15, 0.2) is 0 Å². The van der Waals surface area contributed by atoms with E-state index in [2.05, 4.69) is 13.8 Å². The second-order valence-corrected chi connectivity index (χ2v) is 5.19. The Kier molecular flexibility index (Phi) is 4.08. The fourth-order valence-electron chi connectivity index (χ4n) is 2.28. The molecule has 0 bridgehead atoms. The van der Waals surface area contributed by atoms with Crippen LogP contribution in [0, 0.1) is 0 Å². The Morgan fingerprint density at radius 2 is 1.75 bits per heavy atom. The van der Waals surface area contributed by atoms with Gasteiger partial charge in [-0.2, -0.15) is 0 Å². The number of phenolic OH excluding ortho intramolecular Hbond substituents is 1. The van der Waals surface area contributed by atoms with Gasteiger partial charge in [0.25, 0.3) is 0 Å². The molecule has 0 aliphatic rings. The molecule has 0 spiro atoms. The Morgan fingerprint density at radius 1 is 1.10 bits per heavy atom. The van der Waals surface area contributed by atoms with Gasteiger partial charge in [0, 0.05) is 0 Å². The summed E-state index contributed by atoms with van der Waals surface area (Å²) in [6, 6.07) is 12.8. The maximum absolute atomic E-state index is 10.8. The largest absolute Gasteiger partial charge is 0.508 e. The zero-order valence-electron chi connectivity index (χ0n) is 11.6. The fraction of sp³-hybridized carbons (Fsp3) is 0.235. The summed E-state index contributed by atoms with van der Waals surface area (Å²) in [5, 5.41) is 18.2. The van der Waals surface area contributed by atoms with E-state index in [-0.39, 0.29) is 12.2 Å². The van der Waals surface area contributed by atoms with Gasteiger partial charge in [0.05, 0.1) is 6.42 Å². The molecular weight excluding hydrogens is 252 g/mol. The van der Waals surface area contributed by atoms with E-state index in [4.69, 9.17) is 5.11 Å². The van der Waals surface area contributed by atoms with Crippen molar-refractivity contribution in [2.45, 2.75) is 26.2 Å². The zero-order chi connectivity index (χ0) is 14.7. The van der Waals surface area contributed by atoms with Crippen molar-refractivity contribution in [3.8, 4) is 16.9 Å². The van der Waals surface area contributed by atoms with Crippen molar-refractivity contribution in [1.82, 2.24) is 0 Å². The van der Waals surface area contributed by atoms with Gasteiger partial charge < -0.3 is 10.2 Å². The van der Waals surface area contributed by atoms with Gasteiger partial charge in [-0.15, -0.1) is 0 Å². The molecule has 0 fully saturated rings. The first-order valence-corrected chi connectivity index (χ1v) is 6.61. The second kappa shape index (κ2) is 5.78. The van der Waals surface area contributed by atoms with Gasteiger partial charge in [0.2, 0.25) is 0 Å². The van der Waals surface area contributed by atoms with Gasteiger partial charge >= 0.3 is 5.97 Å². The van der Waals surface area contributed by atoms with Crippen molar-refractivity contribution in [1.29, 1.82) is 0 Å². The fourth-order valence-corrected chi connectivity index (χ4v) is 2.28. The first-order chi connectivity index (χ1) is 9.47. The van der Waals surface area contributed by atoms with E-state index in [0.717, 1.165) is 22.3 Å². The van der Waals surface area contributed by atoms with E-state index in [9.17, 15) is 9.90 Å². The van der Waals surface area contributed by atoms with E-state index in [0.29, 0.717) is 5.92 Å². The van der Waals surface area contributed by atoms with Crippen molar-refractivity contribution < 1.29 is 15.0 Å². The van der Waals surface area contributed by atoms with Gasteiger partial charge in [-0.1, -0.05) is 44.2 Å². The summed E-state index contributed by atoms with van der Waals surface area (Å²) < 4.78 is 0. The van der Waals surface area contributed by atoms with Crippen LogP contribution in [-0.4, -0.2) is 16.2 Å².